The summed E-state index contributed by atoms with van der Waals surface area (Å²) in [6.07, 6.45) is 4.37. The molecule has 5 rings (SSSR count). The van der Waals surface area contributed by atoms with Crippen molar-refractivity contribution in [1.82, 2.24) is 0 Å². The summed E-state index contributed by atoms with van der Waals surface area (Å²) in [6, 6.07) is 15.0. The van der Waals surface area contributed by atoms with E-state index in [1.165, 1.54) is 41.6 Å². The molecule has 0 aliphatic rings. The van der Waals surface area contributed by atoms with Crippen LogP contribution in [0.1, 0.15) is 130 Å². The Kier molecular flexibility index (Phi) is 21.4. The Morgan fingerprint density at radius 3 is 1.33 bits per heavy atom. The third kappa shape index (κ3) is 20.7. The van der Waals surface area contributed by atoms with Crippen LogP contribution in [0.2, 0.25) is 0 Å². The lowest BCUT2D eigenvalue weighted by molar-refractivity contribution is 0.547. The van der Waals surface area contributed by atoms with Gasteiger partial charge in [-0.3, -0.25) is 0 Å². The molecule has 0 bridgehead atoms. The van der Waals surface area contributed by atoms with E-state index in [1.54, 1.807) is 34.0 Å². The lowest BCUT2D eigenvalue weighted by atomic mass is 9.90. The van der Waals surface area contributed by atoms with Crippen molar-refractivity contribution in [3.8, 4) is 0 Å². The van der Waals surface area contributed by atoms with Crippen molar-refractivity contribution in [3.05, 3.63) is 110 Å². The SMILES string of the molecule is CC(C)(C)/C=C/c1cc(Br)sc1Br.CC(C)(C)c1cc(Br)sc1Br.CC(C)(C)c1ccc(Br)s1.CC(C)(C)c1cccs1.CC(C)(C)c1ccsc1. The Morgan fingerprint density at radius 2 is 1.08 bits per heavy atom. The van der Waals surface area contributed by atoms with Crippen LogP contribution in [0.15, 0.2) is 83.6 Å². The number of hydrogen-bond acceptors (Lipinski definition) is 5. The smallest absolute Gasteiger partial charge is 0.0782 e. The number of thiophene rings is 5. The fraction of sp³-hybridized carbons (Fsp3) is 0.476. The van der Waals surface area contributed by atoms with Crippen molar-refractivity contribution >= 4 is 142 Å². The molecule has 5 aromatic rings. The fourth-order valence-corrected chi connectivity index (χ4v) is 13.1. The molecule has 5 heterocycles. The molecule has 52 heavy (non-hydrogen) atoms. The highest BCUT2D eigenvalue weighted by molar-refractivity contribution is 9.12. The van der Waals surface area contributed by atoms with Gasteiger partial charge in [-0.05, 0) is 170 Å². The second-order valence-corrected chi connectivity index (χ2v) is 29.0. The predicted octanol–water partition coefficient (Wildman–Crippen LogP) is 19.8. The quantitative estimate of drug-likeness (QED) is 0.157. The first kappa shape index (κ1) is 50.7. The lowest BCUT2D eigenvalue weighted by Crippen LogP contribution is -2.09. The van der Waals surface area contributed by atoms with Gasteiger partial charge in [0.05, 0.1) is 18.9 Å². The summed E-state index contributed by atoms with van der Waals surface area (Å²) in [7, 11) is 0. The van der Waals surface area contributed by atoms with Crippen LogP contribution < -0.4 is 0 Å². The Labute approximate surface area is 379 Å². The van der Waals surface area contributed by atoms with Gasteiger partial charge in [-0.25, -0.2) is 0 Å². The van der Waals surface area contributed by atoms with Gasteiger partial charge in [0.25, 0.3) is 0 Å². The molecule has 0 aliphatic heterocycles. The van der Waals surface area contributed by atoms with Gasteiger partial charge in [-0.2, -0.15) is 11.3 Å². The van der Waals surface area contributed by atoms with Crippen molar-refractivity contribution in [2.24, 2.45) is 5.41 Å². The van der Waals surface area contributed by atoms with Crippen molar-refractivity contribution in [1.29, 1.82) is 0 Å². The van der Waals surface area contributed by atoms with Gasteiger partial charge in [-0.1, -0.05) is 122 Å². The Hall–Kier alpha value is 0.640. The van der Waals surface area contributed by atoms with E-state index in [0.29, 0.717) is 16.2 Å². The molecule has 0 aromatic carbocycles. The van der Waals surface area contributed by atoms with Gasteiger partial charge in [0, 0.05) is 15.3 Å². The third-order valence-electron chi connectivity index (χ3n) is 6.87. The van der Waals surface area contributed by atoms with Crippen LogP contribution in [0.5, 0.6) is 0 Å². The number of allylic oxidation sites excluding steroid dienone is 1. The van der Waals surface area contributed by atoms with E-state index >= 15 is 0 Å². The molecule has 0 atom stereocenters. The minimum Gasteiger partial charge on any atom is -0.152 e. The van der Waals surface area contributed by atoms with E-state index in [4.69, 9.17) is 0 Å². The average Bonchev–Trinajstić information content (AvgIpc) is 3.79. The lowest BCUT2D eigenvalue weighted by Gasteiger charge is -2.17. The molecule has 0 unspecified atom stereocenters. The normalized spacial score (nSPS) is 12.2. The van der Waals surface area contributed by atoms with Gasteiger partial charge >= 0.3 is 0 Å². The zero-order valence-electron chi connectivity index (χ0n) is 33.4. The van der Waals surface area contributed by atoms with Gasteiger partial charge in [0.1, 0.15) is 0 Å². The van der Waals surface area contributed by atoms with Crippen molar-refractivity contribution in [2.45, 2.75) is 126 Å². The van der Waals surface area contributed by atoms with Crippen molar-refractivity contribution in [2.75, 3.05) is 0 Å². The molecule has 290 valence electrons. The van der Waals surface area contributed by atoms with E-state index in [1.807, 2.05) is 22.7 Å². The zero-order valence-corrected chi connectivity index (χ0v) is 45.4. The minimum atomic E-state index is 0.237. The Bertz CT molecular complexity index is 1690. The maximum Gasteiger partial charge on any atom is 0.0782 e. The van der Waals surface area contributed by atoms with Crippen LogP contribution in [0.4, 0.5) is 0 Å². The first-order valence-electron chi connectivity index (χ1n) is 16.9. The van der Waals surface area contributed by atoms with Gasteiger partial charge in [0.2, 0.25) is 0 Å². The van der Waals surface area contributed by atoms with Crippen molar-refractivity contribution < 1.29 is 0 Å². The molecule has 0 N–H and O–H groups in total. The van der Waals surface area contributed by atoms with Crippen LogP contribution >= 0.6 is 136 Å². The van der Waals surface area contributed by atoms with E-state index in [0.717, 1.165) is 3.79 Å². The average molecular weight is 1120 g/mol. The van der Waals surface area contributed by atoms with Gasteiger partial charge in [-0.15, -0.1) is 45.3 Å². The first-order chi connectivity index (χ1) is 23.5. The Balaban J connectivity index is 0.000000327. The Morgan fingerprint density at radius 1 is 0.519 bits per heavy atom. The maximum absolute atomic E-state index is 3.54. The molecule has 10 heteroatoms. The third-order valence-corrected chi connectivity index (χ3v) is 15.6. The summed E-state index contributed by atoms with van der Waals surface area (Å²) >= 11 is 26.3. The summed E-state index contributed by atoms with van der Waals surface area (Å²) in [5.74, 6) is 0. The highest BCUT2D eigenvalue weighted by Gasteiger charge is 2.19. The second-order valence-electron chi connectivity index (χ2n) is 17.3. The van der Waals surface area contributed by atoms with E-state index in [-0.39, 0.29) is 10.8 Å². The molecule has 0 nitrogen and oxygen atoms in total. The molecule has 0 saturated heterocycles. The van der Waals surface area contributed by atoms with Crippen molar-refractivity contribution in [3.63, 3.8) is 0 Å². The number of hydrogen-bond donors (Lipinski definition) is 0. The topological polar surface area (TPSA) is 0 Å². The van der Waals surface area contributed by atoms with E-state index in [2.05, 4.69) is 254 Å². The highest BCUT2D eigenvalue weighted by Crippen LogP contribution is 2.39. The zero-order chi connectivity index (χ0) is 40.3. The first-order valence-corrected chi connectivity index (χ1v) is 25.2. The van der Waals surface area contributed by atoms with E-state index in [9.17, 15) is 0 Å². The molecule has 5 aromatic heterocycles. The highest BCUT2D eigenvalue weighted by atomic mass is 79.9. The molecule has 0 amide bonds. The summed E-state index contributed by atoms with van der Waals surface area (Å²) in [6.45, 7) is 33.3. The fourth-order valence-electron chi connectivity index (χ4n) is 3.77. The monoisotopic (exact) mass is 1120 g/mol. The predicted molar refractivity (Wildman–Crippen MR) is 263 cm³/mol. The van der Waals surface area contributed by atoms with Crippen LogP contribution in [-0.2, 0) is 21.7 Å². The number of halogens is 5. The van der Waals surface area contributed by atoms with Crippen LogP contribution in [-0.4, -0.2) is 0 Å². The molecular weight excluding hydrogens is 1060 g/mol. The summed E-state index contributed by atoms with van der Waals surface area (Å²) < 4.78 is 5.98. The van der Waals surface area contributed by atoms with Crippen LogP contribution in [0.25, 0.3) is 6.08 Å². The second kappa shape index (κ2) is 22.0. The molecular formula is C42H57Br5S5. The molecule has 0 spiro atoms. The number of rotatable bonds is 1. The molecule has 0 radical (unpaired) electrons. The van der Waals surface area contributed by atoms with Gasteiger partial charge < -0.3 is 0 Å². The minimum absolute atomic E-state index is 0.237. The van der Waals surface area contributed by atoms with Crippen LogP contribution in [0, 0.1) is 5.41 Å². The van der Waals surface area contributed by atoms with E-state index < -0.39 is 0 Å². The maximum atomic E-state index is 3.54. The summed E-state index contributed by atoms with van der Waals surface area (Å²) in [5, 5.41) is 6.46. The van der Waals surface area contributed by atoms with Gasteiger partial charge in [0.15, 0.2) is 0 Å². The molecule has 0 fully saturated rings. The largest absolute Gasteiger partial charge is 0.152 e. The standard InChI is InChI=1S/C10H12Br2S.C8H10Br2S.C8H11BrS.2C8H12S/c1-10(2,3)5-4-7-6-8(11)13-9(7)12;1-8(2,3)5-4-6(9)11-7(5)10;1-8(2,3)6-4-5-7(9)10-6;1-8(2,3)7-4-5-9-6-7;1-8(2,3)7-5-4-6-9-7/h4-6H,1-3H3;4H,1-3H3;4-5H,1-3H3;2*4-6H,1-3H3/b5-4+;;;;. The summed E-state index contributed by atoms with van der Waals surface area (Å²) in [5.41, 5.74) is 5.51. The molecule has 0 saturated carbocycles. The summed E-state index contributed by atoms with van der Waals surface area (Å²) in [4.78, 5) is 2.89. The van der Waals surface area contributed by atoms with Crippen LogP contribution in [0.3, 0.4) is 0 Å². The molecule has 0 aliphatic carbocycles.